The summed E-state index contributed by atoms with van der Waals surface area (Å²) in [6, 6.07) is 10.9. The quantitative estimate of drug-likeness (QED) is 0.546. The molecule has 2 bridgehead atoms. The predicted molar refractivity (Wildman–Crippen MR) is 147 cm³/mol. The monoisotopic (exact) mass is 560 g/mol. The number of anilines is 1. The summed E-state index contributed by atoms with van der Waals surface area (Å²) in [7, 11) is -2.62. The Balaban J connectivity index is 1.78. The van der Waals surface area contributed by atoms with E-state index in [1.807, 2.05) is 6.08 Å². The van der Waals surface area contributed by atoms with Crippen molar-refractivity contribution in [2.24, 2.45) is 0 Å². The van der Waals surface area contributed by atoms with Gasteiger partial charge in [0.2, 0.25) is 5.91 Å². The average molecular weight is 561 g/mol. The Morgan fingerprint density at radius 2 is 1.89 bits per heavy atom. The topological polar surface area (TPSA) is 108 Å². The summed E-state index contributed by atoms with van der Waals surface area (Å²) >= 11 is 6.45. The summed E-state index contributed by atoms with van der Waals surface area (Å²) in [4.78, 5) is 27.7. The maximum atomic E-state index is 14.0. The van der Waals surface area contributed by atoms with Crippen molar-refractivity contribution >= 4 is 39.1 Å². The van der Waals surface area contributed by atoms with E-state index in [2.05, 4.69) is 10.6 Å². The molecule has 1 unspecified atom stereocenters. The average Bonchev–Trinajstić information content (AvgIpc) is 2.92. The van der Waals surface area contributed by atoms with Gasteiger partial charge < -0.3 is 20.3 Å². The molecule has 1 atom stereocenters. The fourth-order valence-electron chi connectivity index (χ4n) is 4.71. The molecule has 2 heterocycles. The molecule has 11 heteroatoms. The van der Waals surface area contributed by atoms with Crippen molar-refractivity contribution in [3.8, 4) is 5.75 Å². The molecule has 0 spiro atoms. The summed E-state index contributed by atoms with van der Waals surface area (Å²) in [5.74, 6) is -0.0382. The number of nitrogens with zero attached hydrogens (tertiary/aromatic N) is 2. The van der Waals surface area contributed by atoms with Gasteiger partial charge in [0, 0.05) is 38.6 Å². The SMILES string of the molecule is COc1ccccc1N1C/C=C\CNCCC(=O)NCC2CCCCN2C(=O)c2cc(ccc2Cl)S1(=O)=O. The number of hydrogen-bond acceptors (Lipinski definition) is 6. The van der Waals surface area contributed by atoms with E-state index in [0.717, 1.165) is 19.3 Å². The number of amides is 2. The number of piperidine rings is 1. The van der Waals surface area contributed by atoms with E-state index in [9.17, 15) is 18.0 Å². The Hall–Kier alpha value is -3.08. The normalized spacial score (nSPS) is 22.0. The maximum Gasteiger partial charge on any atom is 0.264 e. The van der Waals surface area contributed by atoms with Crippen LogP contribution in [-0.2, 0) is 14.8 Å². The minimum Gasteiger partial charge on any atom is -0.495 e. The predicted octanol–water partition coefficient (Wildman–Crippen LogP) is 3.20. The van der Waals surface area contributed by atoms with Crippen molar-refractivity contribution in [1.82, 2.24) is 15.5 Å². The Morgan fingerprint density at radius 1 is 1.08 bits per heavy atom. The van der Waals surface area contributed by atoms with Crippen molar-refractivity contribution < 1.29 is 22.7 Å². The van der Waals surface area contributed by atoms with Crippen LogP contribution < -0.4 is 19.7 Å². The van der Waals surface area contributed by atoms with E-state index >= 15 is 0 Å². The Labute approximate surface area is 228 Å². The molecular weight excluding hydrogens is 528 g/mol. The Morgan fingerprint density at radius 3 is 2.71 bits per heavy atom. The molecular formula is C27H33ClN4O5S. The van der Waals surface area contributed by atoms with Crippen LogP contribution in [0.25, 0.3) is 0 Å². The van der Waals surface area contributed by atoms with Crippen LogP contribution in [0.4, 0.5) is 5.69 Å². The van der Waals surface area contributed by atoms with Crippen LogP contribution in [-0.4, -0.2) is 71.0 Å². The number of ether oxygens (including phenoxy) is 1. The molecule has 2 aliphatic heterocycles. The standard InChI is InChI=1S/C27H33ClN4O5S/c1-37-25-10-3-2-9-24(25)32-17-7-5-14-29-15-13-26(33)30-19-20-8-4-6-16-31(20)27(34)22-18-21(38(32,35)36)11-12-23(22)28/h2-3,5,7,9-12,18,20,29H,4,6,8,13-17,19H2,1H3,(H,30,33)/b7-5-. The summed E-state index contributed by atoms with van der Waals surface area (Å²) < 4.78 is 34.7. The lowest BCUT2D eigenvalue weighted by atomic mass is 10.0. The molecule has 1 fully saturated rings. The van der Waals surface area contributed by atoms with Crippen molar-refractivity contribution in [3.63, 3.8) is 0 Å². The van der Waals surface area contributed by atoms with Crippen molar-refractivity contribution in [2.45, 2.75) is 36.6 Å². The lowest BCUT2D eigenvalue weighted by Crippen LogP contribution is -2.49. The molecule has 0 radical (unpaired) electrons. The fraction of sp³-hybridized carbons (Fsp3) is 0.407. The van der Waals surface area contributed by atoms with Gasteiger partial charge in [0.05, 0.1) is 34.8 Å². The molecule has 204 valence electrons. The molecule has 2 aromatic carbocycles. The third-order valence-corrected chi connectivity index (χ3v) is 8.87. The number of hydrogen-bond donors (Lipinski definition) is 2. The van der Waals surface area contributed by atoms with Crippen molar-refractivity contribution in [1.29, 1.82) is 0 Å². The molecule has 9 nitrogen and oxygen atoms in total. The molecule has 1 saturated heterocycles. The second-order valence-electron chi connectivity index (χ2n) is 9.23. The third kappa shape index (κ3) is 6.31. The number of nitrogens with one attached hydrogen (secondary N) is 2. The highest BCUT2D eigenvalue weighted by Gasteiger charge is 2.32. The van der Waals surface area contributed by atoms with Crippen LogP contribution in [0, 0.1) is 0 Å². The largest absolute Gasteiger partial charge is 0.495 e. The Kier molecular flexibility index (Phi) is 9.30. The molecule has 0 aliphatic carbocycles. The van der Waals surface area contributed by atoms with E-state index in [-0.39, 0.29) is 39.9 Å². The number of para-hydroxylation sites is 2. The van der Waals surface area contributed by atoms with Crippen LogP contribution in [0.1, 0.15) is 36.0 Å². The zero-order valence-electron chi connectivity index (χ0n) is 21.4. The first-order valence-electron chi connectivity index (χ1n) is 12.7. The molecule has 38 heavy (non-hydrogen) atoms. The van der Waals surface area contributed by atoms with Gasteiger partial charge in [-0.3, -0.25) is 13.9 Å². The van der Waals surface area contributed by atoms with Crippen LogP contribution in [0.3, 0.4) is 0 Å². The van der Waals surface area contributed by atoms with E-state index in [0.29, 0.717) is 44.0 Å². The maximum absolute atomic E-state index is 14.0. The van der Waals surface area contributed by atoms with Gasteiger partial charge in [0.1, 0.15) is 5.75 Å². The van der Waals surface area contributed by atoms with Crippen molar-refractivity contribution in [3.05, 3.63) is 65.2 Å². The van der Waals surface area contributed by atoms with Gasteiger partial charge in [0.15, 0.2) is 0 Å². The highest BCUT2D eigenvalue weighted by molar-refractivity contribution is 7.92. The number of sulfonamides is 1. The van der Waals surface area contributed by atoms with E-state index < -0.39 is 10.0 Å². The zero-order chi connectivity index (χ0) is 27.1. The first-order valence-corrected chi connectivity index (χ1v) is 14.5. The minimum absolute atomic E-state index is 0.0327. The Bertz CT molecular complexity index is 1300. The zero-order valence-corrected chi connectivity index (χ0v) is 22.9. The fourth-order valence-corrected chi connectivity index (χ4v) is 6.37. The van der Waals surface area contributed by atoms with Crippen LogP contribution in [0.2, 0.25) is 5.02 Å². The third-order valence-electron chi connectivity index (χ3n) is 6.76. The van der Waals surface area contributed by atoms with Crippen molar-refractivity contribution in [2.75, 3.05) is 44.1 Å². The molecule has 2 N–H and O–H groups in total. The van der Waals surface area contributed by atoms with Gasteiger partial charge in [-0.1, -0.05) is 35.9 Å². The van der Waals surface area contributed by atoms with Gasteiger partial charge in [0.25, 0.3) is 15.9 Å². The van der Waals surface area contributed by atoms with Gasteiger partial charge in [-0.25, -0.2) is 8.42 Å². The molecule has 2 aromatic rings. The summed E-state index contributed by atoms with van der Waals surface area (Å²) in [5, 5.41) is 6.28. The number of methoxy groups -OCH3 is 1. The first kappa shape index (κ1) is 27.9. The van der Waals surface area contributed by atoms with Gasteiger partial charge in [-0.05, 0) is 49.6 Å². The first-order chi connectivity index (χ1) is 18.3. The lowest BCUT2D eigenvalue weighted by Gasteiger charge is -2.36. The second kappa shape index (κ2) is 12.6. The lowest BCUT2D eigenvalue weighted by molar-refractivity contribution is -0.121. The molecule has 0 aromatic heterocycles. The molecule has 0 saturated carbocycles. The number of fused-ring (bicyclic) bond motifs is 3. The number of benzene rings is 2. The van der Waals surface area contributed by atoms with Gasteiger partial charge >= 0.3 is 0 Å². The molecule has 2 amide bonds. The minimum atomic E-state index is -4.11. The number of rotatable bonds is 2. The van der Waals surface area contributed by atoms with Gasteiger partial charge in [-0.2, -0.15) is 0 Å². The van der Waals surface area contributed by atoms with Gasteiger partial charge in [-0.15, -0.1) is 0 Å². The second-order valence-corrected chi connectivity index (χ2v) is 11.5. The number of carbonyl (C=O) groups excluding carboxylic acids is 2. The van der Waals surface area contributed by atoms with E-state index in [1.54, 1.807) is 35.2 Å². The summed E-state index contributed by atoms with van der Waals surface area (Å²) in [6.07, 6.45) is 6.35. The number of carbonyl (C=O) groups is 2. The molecule has 2 aliphatic rings. The molecule has 4 rings (SSSR count). The number of halogens is 1. The van der Waals surface area contributed by atoms with E-state index in [4.69, 9.17) is 16.3 Å². The smallest absolute Gasteiger partial charge is 0.264 e. The summed E-state index contributed by atoms with van der Waals surface area (Å²) in [5.41, 5.74) is 0.490. The highest BCUT2D eigenvalue weighted by atomic mass is 35.5. The van der Waals surface area contributed by atoms with Crippen LogP contribution in [0.15, 0.2) is 59.5 Å². The summed E-state index contributed by atoms with van der Waals surface area (Å²) in [6.45, 7) is 1.82. The van der Waals surface area contributed by atoms with E-state index in [1.165, 1.54) is 29.6 Å². The van der Waals surface area contributed by atoms with Crippen LogP contribution in [0.5, 0.6) is 5.75 Å². The van der Waals surface area contributed by atoms with Crippen LogP contribution >= 0.6 is 11.6 Å². The highest BCUT2D eigenvalue weighted by Crippen LogP contribution is 2.33.